The van der Waals surface area contributed by atoms with Crippen molar-refractivity contribution >= 4 is 17.4 Å². The summed E-state index contributed by atoms with van der Waals surface area (Å²) in [5.74, 6) is -0.437. The SMILES string of the molecule is CCCCn1c(N)c(N(Cc2ccccc2)C(=O)c2ccc(-n3cccn3)cc2)c(=O)[nH]c1=O. The molecule has 4 aromatic rings. The average molecular weight is 459 g/mol. The normalized spacial score (nSPS) is 10.9. The van der Waals surface area contributed by atoms with Crippen LogP contribution in [-0.2, 0) is 13.1 Å². The Bertz CT molecular complexity index is 1370. The summed E-state index contributed by atoms with van der Waals surface area (Å²) in [4.78, 5) is 42.6. The quantitative estimate of drug-likeness (QED) is 0.421. The number of carbonyl (C=O) groups excluding carboxylic acids is 1. The van der Waals surface area contributed by atoms with Gasteiger partial charge in [0.15, 0.2) is 5.69 Å². The lowest BCUT2D eigenvalue weighted by Crippen LogP contribution is -2.41. The Morgan fingerprint density at radius 2 is 1.79 bits per heavy atom. The van der Waals surface area contributed by atoms with E-state index in [1.165, 1.54) is 9.47 Å². The molecule has 0 spiro atoms. The first-order valence-corrected chi connectivity index (χ1v) is 11.1. The van der Waals surface area contributed by atoms with Crippen molar-refractivity contribution in [2.24, 2.45) is 0 Å². The van der Waals surface area contributed by atoms with Crippen molar-refractivity contribution in [3.63, 3.8) is 0 Å². The molecule has 1 amide bonds. The molecule has 2 aromatic heterocycles. The number of aromatic nitrogens is 4. The Balaban J connectivity index is 1.78. The molecule has 9 nitrogen and oxygen atoms in total. The van der Waals surface area contributed by atoms with Gasteiger partial charge in [0.25, 0.3) is 11.5 Å². The van der Waals surface area contributed by atoms with Crippen molar-refractivity contribution in [1.82, 2.24) is 19.3 Å². The van der Waals surface area contributed by atoms with Crippen LogP contribution in [0.4, 0.5) is 11.5 Å². The Morgan fingerprint density at radius 1 is 1.06 bits per heavy atom. The molecule has 0 aliphatic rings. The molecule has 9 heteroatoms. The number of nitrogens with one attached hydrogen (secondary N) is 1. The van der Waals surface area contributed by atoms with E-state index in [-0.39, 0.29) is 18.1 Å². The summed E-state index contributed by atoms with van der Waals surface area (Å²) >= 11 is 0. The van der Waals surface area contributed by atoms with Crippen LogP contribution in [0.1, 0.15) is 35.7 Å². The summed E-state index contributed by atoms with van der Waals surface area (Å²) in [7, 11) is 0. The van der Waals surface area contributed by atoms with E-state index in [1.54, 1.807) is 41.3 Å². The van der Waals surface area contributed by atoms with E-state index in [2.05, 4.69) is 10.1 Å². The zero-order chi connectivity index (χ0) is 24.1. The van der Waals surface area contributed by atoms with Gasteiger partial charge in [0.1, 0.15) is 5.82 Å². The lowest BCUT2D eigenvalue weighted by molar-refractivity contribution is 0.0984. The summed E-state index contributed by atoms with van der Waals surface area (Å²) in [6, 6.07) is 18.0. The van der Waals surface area contributed by atoms with Crippen LogP contribution in [0.3, 0.4) is 0 Å². The fourth-order valence-electron chi connectivity index (χ4n) is 3.73. The first kappa shape index (κ1) is 22.8. The third kappa shape index (κ3) is 4.68. The number of nitrogens with two attached hydrogens (primary N) is 1. The van der Waals surface area contributed by atoms with Crippen LogP contribution in [0.25, 0.3) is 5.69 Å². The monoisotopic (exact) mass is 458 g/mol. The smallest absolute Gasteiger partial charge is 0.330 e. The standard InChI is InChI=1S/C25H26N6O3/c1-2-3-15-29-22(26)21(23(32)28-25(29)34)30(17-18-8-5-4-6-9-18)24(33)19-10-12-20(13-11-19)31-16-7-14-27-31/h4-14,16H,2-3,15,17,26H2,1H3,(H,28,32,34). The van der Waals surface area contributed by atoms with Gasteiger partial charge in [0.2, 0.25) is 0 Å². The lowest BCUT2D eigenvalue weighted by Gasteiger charge is -2.25. The summed E-state index contributed by atoms with van der Waals surface area (Å²) in [5.41, 5.74) is 6.97. The molecule has 0 unspecified atom stereocenters. The third-order valence-electron chi connectivity index (χ3n) is 5.53. The molecule has 0 aliphatic carbocycles. The maximum atomic E-state index is 13.7. The topological polar surface area (TPSA) is 119 Å². The molecule has 2 heterocycles. The number of carbonyl (C=O) groups is 1. The molecule has 0 radical (unpaired) electrons. The molecule has 0 saturated carbocycles. The van der Waals surface area contributed by atoms with Gasteiger partial charge in [0.05, 0.1) is 12.2 Å². The molecule has 34 heavy (non-hydrogen) atoms. The Kier molecular flexibility index (Phi) is 6.72. The molecular weight excluding hydrogens is 432 g/mol. The number of hydrogen-bond acceptors (Lipinski definition) is 5. The first-order valence-electron chi connectivity index (χ1n) is 11.1. The molecule has 0 bridgehead atoms. The van der Waals surface area contributed by atoms with Gasteiger partial charge >= 0.3 is 5.69 Å². The van der Waals surface area contributed by atoms with Gasteiger partial charge in [0, 0.05) is 24.5 Å². The largest absolute Gasteiger partial charge is 0.383 e. The second-order valence-corrected chi connectivity index (χ2v) is 7.87. The second-order valence-electron chi connectivity index (χ2n) is 7.87. The summed E-state index contributed by atoms with van der Waals surface area (Å²) in [5, 5.41) is 4.19. The molecule has 0 aliphatic heterocycles. The van der Waals surface area contributed by atoms with Gasteiger partial charge in [-0.25, -0.2) is 9.48 Å². The molecule has 174 valence electrons. The Hall–Kier alpha value is -4.40. The Morgan fingerprint density at radius 3 is 2.44 bits per heavy atom. The fourth-order valence-corrected chi connectivity index (χ4v) is 3.73. The predicted octanol–water partition coefficient (Wildman–Crippen LogP) is 2.95. The lowest BCUT2D eigenvalue weighted by atomic mass is 10.1. The van der Waals surface area contributed by atoms with Gasteiger partial charge in [-0.15, -0.1) is 0 Å². The number of H-pyrrole nitrogens is 1. The molecule has 4 rings (SSSR count). The third-order valence-corrected chi connectivity index (χ3v) is 5.53. The van der Waals surface area contributed by atoms with Crippen molar-refractivity contribution in [2.45, 2.75) is 32.9 Å². The number of rotatable bonds is 8. The number of nitrogen functional groups attached to an aromatic ring is 1. The average Bonchev–Trinajstić information content (AvgIpc) is 3.38. The zero-order valence-corrected chi connectivity index (χ0v) is 18.8. The van der Waals surface area contributed by atoms with E-state index in [0.717, 1.165) is 17.7 Å². The van der Waals surface area contributed by atoms with E-state index in [9.17, 15) is 14.4 Å². The van der Waals surface area contributed by atoms with E-state index in [4.69, 9.17) is 5.73 Å². The highest BCUT2D eigenvalue weighted by atomic mass is 16.2. The molecule has 2 aromatic carbocycles. The Labute approximate surface area is 196 Å². The number of aromatic amines is 1. The highest BCUT2D eigenvalue weighted by Crippen LogP contribution is 2.23. The van der Waals surface area contributed by atoms with E-state index >= 15 is 0 Å². The summed E-state index contributed by atoms with van der Waals surface area (Å²) < 4.78 is 2.99. The maximum Gasteiger partial charge on any atom is 0.330 e. The number of benzene rings is 2. The van der Waals surface area contributed by atoms with Gasteiger partial charge in [-0.2, -0.15) is 5.10 Å². The maximum absolute atomic E-state index is 13.7. The van der Waals surface area contributed by atoms with Crippen LogP contribution in [0.15, 0.2) is 82.6 Å². The van der Waals surface area contributed by atoms with Gasteiger partial charge in [-0.1, -0.05) is 43.7 Å². The van der Waals surface area contributed by atoms with Crippen LogP contribution in [0, 0.1) is 0 Å². The predicted molar refractivity (Wildman–Crippen MR) is 131 cm³/mol. The van der Waals surface area contributed by atoms with Crippen molar-refractivity contribution < 1.29 is 4.79 Å². The number of unbranched alkanes of at least 4 members (excludes halogenated alkanes) is 1. The van der Waals surface area contributed by atoms with Crippen molar-refractivity contribution in [2.75, 3.05) is 10.6 Å². The van der Waals surface area contributed by atoms with E-state index < -0.39 is 17.2 Å². The number of amides is 1. The summed E-state index contributed by atoms with van der Waals surface area (Å²) in [6.45, 7) is 2.45. The highest BCUT2D eigenvalue weighted by Gasteiger charge is 2.25. The van der Waals surface area contributed by atoms with Crippen LogP contribution >= 0.6 is 0 Å². The number of anilines is 2. The molecule has 0 fully saturated rings. The van der Waals surface area contributed by atoms with Crippen molar-refractivity contribution in [3.8, 4) is 5.69 Å². The molecule has 0 atom stereocenters. The zero-order valence-electron chi connectivity index (χ0n) is 18.8. The van der Waals surface area contributed by atoms with Crippen molar-refractivity contribution in [1.29, 1.82) is 0 Å². The fraction of sp³-hybridized carbons (Fsp3) is 0.200. The van der Waals surface area contributed by atoms with Gasteiger partial charge in [-0.3, -0.25) is 24.0 Å². The van der Waals surface area contributed by atoms with Crippen LogP contribution in [-0.4, -0.2) is 25.2 Å². The highest BCUT2D eigenvalue weighted by molar-refractivity contribution is 6.07. The molecular formula is C25H26N6O3. The number of nitrogens with zero attached hydrogens (tertiary/aromatic N) is 4. The van der Waals surface area contributed by atoms with E-state index in [0.29, 0.717) is 18.5 Å². The summed E-state index contributed by atoms with van der Waals surface area (Å²) in [6.07, 6.45) is 5.02. The van der Waals surface area contributed by atoms with Gasteiger partial charge in [-0.05, 0) is 42.3 Å². The first-order chi connectivity index (χ1) is 16.5. The van der Waals surface area contributed by atoms with Crippen LogP contribution in [0.2, 0.25) is 0 Å². The van der Waals surface area contributed by atoms with E-state index in [1.807, 2.05) is 43.3 Å². The molecule has 0 saturated heterocycles. The van der Waals surface area contributed by atoms with Crippen LogP contribution in [0.5, 0.6) is 0 Å². The number of hydrogen-bond donors (Lipinski definition) is 2. The minimum Gasteiger partial charge on any atom is -0.383 e. The van der Waals surface area contributed by atoms with Gasteiger partial charge < -0.3 is 5.73 Å². The molecule has 3 N–H and O–H groups in total. The minimum atomic E-state index is -0.701. The van der Waals surface area contributed by atoms with Crippen molar-refractivity contribution in [3.05, 3.63) is 105 Å². The second kappa shape index (κ2) is 10.0. The minimum absolute atomic E-state index is 0.0281. The van der Waals surface area contributed by atoms with Crippen LogP contribution < -0.4 is 21.9 Å².